The van der Waals surface area contributed by atoms with Crippen molar-refractivity contribution in [1.82, 2.24) is 24.3 Å². The van der Waals surface area contributed by atoms with E-state index in [-0.39, 0.29) is 35.8 Å². The van der Waals surface area contributed by atoms with E-state index in [0.29, 0.717) is 22.9 Å². The Morgan fingerprint density at radius 1 is 1.08 bits per heavy atom. The molecule has 48 heavy (non-hydrogen) atoms. The number of amides is 3. The van der Waals surface area contributed by atoms with E-state index in [0.717, 1.165) is 49.3 Å². The number of fused-ring (bicyclic) bond motifs is 4. The zero-order valence-corrected chi connectivity index (χ0v) is 27.8. The van der Waals surface area contributed by atoms with Crippen molar-refractivity contribution in [3.63, 3.8) is 0 Å². The zero-order chi connectivity index (χ0) is 33.3. The molecule has 4 aliphatic rings. The first kappa shape index (κ1) is 30.5. The second kappa shape index (κ2) is 11.4. The van der Waals surface area contributed by atoms with Crippen molar-refractivity contribution >= 4 is 40.1 Å². The molecule has 2 aromatic heterocycles. The summed E-state index contributed by atoms with van der Waals surface area (Å²) in [7, 11) is 0. The number of carbonyl (C=O) groups excluding carboxylic acids is 3. The summed E-state index contributed by atoms with van der Waals surface area (Å²) in [6.07, 6.45) is 5.61. The lowest BCUT2D eigenvalue weighted by Crippen LogP contribution is -2.50. The molecule has 4 aliphatic heterocycles. The van der Waals surface area contributed by atoms with Gasteiger partial charge in [0.05, 0.1) is 24.6 Å². The molecule has 2 saturated heterocycles. The molecule has 248 valence electrons. The highest BCUT2D eigenvalue weighted by Gasteiger charge is 2.47. The number of halogens is 1. The molecule has 0 aliphatic carbocycles. The van der Waals surface area contributed by atoms with Crippen LogP contribution in [-0.2, 0) is 29.0 Å². The summed E-state index contributed by atoms with van der Waals surface area (Å²) in [6.45, 7) is 7.71. The average Bonchev–Trinajstić information content (AvgIpc) is 3.89. The number of nitrogens with one attached hydrogen (secondary N) is 1. The molecule has 2 aromatic carbocycles. The maximum atomic E-state index is 15.8. The van der Waals surface area contributed by atoms with E-state index >= 15 is 4.39 Å². The van der Waals surface area contributed by atoms with E-state index in [9.17, 15) is 14.4 Å². The van der Waals surface area contributed by atoms with Gasteiger partial charge in [0.1, 0.15) is 11.4 Å². The van der Waals surface area contributed by atoms with Crippen LogP contribution in [0.25, 0.3) is 11.1 Å². The Bertz CT molecular complexity index is 1920. The minimum absolute atomic E-state index is 0.0424. The summed E-state index contributed by atoms with van der Waals surface area (Å²) in [5.41, 5.74) is 3.80. The standard InChI is InChI=1S/C35H36FN7O4S/c1-35(2,3)47-34(46)42-17-23-15-24(42)16-41(23)22-8-6-20(7-9-22)21-13-25-26(27(36)14-21)18-43(32(25)45)30(31(44)39-33-37-10-12-48-33)29-28-5-4-11-40(28)19-38-29/h6-10,12-14,19,23-24,30H,4-5,11,15-18H2,1-3H3,(H,37,39,44)/t23-,24-,30?/m1/s1. The van der Waals surface area contributed by atoms with Crippen LogP contribution in [0.3, 0.4) is 0 Å². The number of likely N-dealkylation sites (tertiary alicyclic amines) is 1. The maximum Gasteiger partial charge on any atom is 0.410 e. The number of aryl methyl sites for hydroxylation is 1. The van der Waals surface area contributed by atoms with Crippen LogP contribution in [0.4, 0.5) is 20.0 Å². The van der Waals surface area contributed by atoms with E-state index in [1.165, 1.54) is 22.3 Å². The minimum atomic E-state index is -1.03. The third kappa shape index (κ3) is 5.29. The predicted molar refractivity (Wildman–Crippen MR) is 178 cm³/mol. The van der Waals surface area contributed by atoms with Crippen molar-refractivity contribution in [2.24, 2.45) is 0 Å². The van der Waals surface area contributed by atoms with Crippen LogP contribution in [0.5, 0.6) is 0 Å². The number of benzene rings is 2. The van der Waals surface area contributed by atoms with Crippen molar-refractivity contribution in [3.8, 4) is 11.1 Å². The molecule has 2 fully saturated rings. The monoisotopic (exact) mass is 669 g/mol. The Morgan fingerprint density at radius 3 is 2.60 bits per heavy atom. The third-order valence-electron chi connectivity index (χ3n) is 9.69. The number of nitrogens with zero attached hydrogens (tertiary/aromatic N) is 6. The molecule has 13 heteroatoms. The number of aromatic nitrogens is 3. The highest BCUT2D eigenvalue weighted by atomic mass is 32.1. The van der Waals surface area contributed by atoms with Gasteiger partial charge in [0.2, 0.25) is 0 Å². The molecule has 2 bridgehead atoms. The van der Waals surface area contributed by atoms with E-state index < -0.39 is 29.3 Å². The van der Waals surface area contributed by atoms with Gasteiger partial charge >= 0.3 is 6.09 Å². The fraction of sp³-hybridized carbons (Fsp3) is 0.400. The summed E-state index contributed by atoms with van der Waals surface area (Å²) in [5, 5.41) is 5.01. The smallest absolute Gasteiger partial charge is 0.410 e. The van der Waals surface area contributed by atoms with Gasteiger partial charge in [0, 0.05) is 59.8 Å². The molecule has 6 heterocycles. The molecule has 1 N–H and O–H groups in total. The molecule has 0 saturated carbocycles. The molecular formula is C35H36FN7O4S. The molecule has 8 rings (SSSR count). The fourth-order valence-electron chi connectivity index (χ4n) is 7.54. The van der Waals surface area contributed by atoms with Crippen molar-refractivity contribution in [2.75, 3.05) is 23.3 Å². The van der Waals surface area contributed by atoms with Crippen LogP contribution in [0.1, 0.15) is 67.0 Å². The van der Waals surface area contributed by atoms with Gasteiger partial charge in [-0.25, -0.2) is 19.2 Å². The minimum Gasteiger partial charge on any atom is -0.444 e. The van der Waals surface area contributed by atoms with Crippen LogP contribution in [-0.4, -0.2) is 73.0 Å². The van der Waals surface area contributed by atoms with Crippen LogP contribution >= 0.6 is 11.3 Å². The number of hydrogen-bond acceptors (Lipinski definition) is 8. The molecule has 11 nitrogen and oxygen atoms in total. The van der Waals surface area contributed by atoms with Gasteiger partial charge in [-0.15, -0.1) is 11.3 Å². The highest BCUT2D eigenvalue weighted by Crippen LogP contribution is 2.39. The largest absolute Gasteiger partial charge is 0.444 e. The Hall–Kier alpha value is -4.78. The van der Waals surface area contributed by atoms with Crippen LogP contribution in [0, 0.1) is 5.82 Å². The highest BCUT2D eigenvalue weighted by molar-refractivity contribution is 7.13. The average molecular weight is 670 g/mol. The van der Waals surface area contributed by atoms with Crippen LogP contribution in [0.2, 0.25) is 0 Å². The molecule has 1 unspecified atom stereocenters. The number of piperazine rings is 1. The summed E-state index contributed by atoms with van der Waals surface area (Å²) < 4.78 is 23.4. The van der Waals surface area contributed by atoms with E-state index in [2.05, 4.69) is 20.2 Å². The Morgan fingerprint density at radius 2 is 1.90 bits per heavy atom. The number of imidazole rings is 1. The quantitative estimate of drug-likeness (QED) is 0.283. The Kier molecular flexibility index (Phi) is 7.27. The molecule has 3 atom stereocenters. The fourth-order valence-corrected chi connectivity index (χ4v) is 8.07. The second-order valence-corrected chi connectivity index (χ2v) is 14.8. The Labute approximate surface area is 281 Å². The van der Waals surface area contributed by atoms with Gasteiger partial charge in [-0.05, 0) is 75.4 Å². The number of thiazole rings is 1. The molecule has 3 amide bonds. The van der Waals surface area contributed by atoms with Gasteiger partial charge in [0.15, 0.2) is 11.2 Å². The first-order chi connectivity index (χ1) is 23.0. The van der Waals surface area contributed by atoms with E-state index in [1.54, 1.807) is 24.0 Å². The first-order valence-electron chi connectivity index (χ1n) is 16.3. The van der Waals surface area contributed by atoms with Crippen molar-refractivity contribution in [2.45, 2.75) is 76.8 Å². The van der Waals surface area contributed by atoms with Crippen LogP contribution < -0.4 is 10.2 Å². The first-order valence-corrected chi connectivity index (χ1v) is 17.2. The summed E-state index contributed by atoms with van der Waals surface area (Å²) >= 11 is 1.28. The number of carbonyl (C=O) groups is 3. The molecule has 0 radical (unpaired) electrons. The predicted octanol–water partition coefficient (Wildman–Crippen LogP) is 5.63. The number of ether oxygens (including phenoxy) is 1. The number of anilines is 2. The van der Waals surface area contributed by atoms with Gasteiger partial charge in [-0.1, -0.05) is 12.1 Å². The zero-order valence-electron chi connectivity index (χ0n) is 27.0. The number of rotatable bonds is 6. The second-order valence-electron chi connectivity index (χ2n) is 13.9. The summed E-state index contributed by atoms with van der Waals surface area (Å²) in [4.78, 5) is 54.8. The maximum absolute atomic E-state index is 15.8. The van der Waals surface area contributed by atoms with Crippen LogP contribution in [0.15, 0.2) is 54.3 Å². The number of hydrogen-bond donors (Lipinski definition) is 1. The van der Waals surface area contributed by atoms with Gasteiger partial charge in [0.25, 0.3) is 11.8 Å². The topological polar surface area (TPSA) is 113 Å². The third-order valence-corrected chi connectivity index (χ3v) is 10.4. The van der Waals surface area contributed by atoms with Crippen molar-refractivity contribution in [1.29, 1.82) is 0 Å². The Balaban J connectivity index is 1.02. The summed E-state index contributed by atoms with van der Waals surface area (Å²) in [5.74, 6) is -1.33. The van der Waals surface area contributed by atoms with Crippen molar-refractivity contribution < 1.29 is 23.5 Å². The SMILES string of the molecule is CC(C)(C)OC(=O)N1C[C@H]2C[C@@H]1CN2c1ccc(-c2cc(F)c3c(c2)C(=O)N(C(C(=O)Nc2nccs2)c2ncn4c2CCC4)C3)cc1. The lowest BCUT2D eigenvalue weighted by atomic mass is 9.99. The van der Waals surface area contributed by atoms with Gasteiger partial charge in [-0.2, -0.15) is 0 Å². The summed E-state index contributed by atoms with van der Waals surface area (Å²) in [6, 6.07) is 10.3. The van der Waals surface area contributed by atoms with E-state index in [1.807, 2.05) is 54.5 Å². The van der Waals surface area contributed by atoms with E-state index in [4.69, 9.17) is 4.74 Å². The van der Waals surface area contributed by atoms with Gasteiger partial charge in [-0.3, -0.25) is 14.9 Å². The molecular weight excluding hydrogens is 633 g/mol. The molecule has 0 spiro atoms. The normalized spacial score (nSPS) is 20.3. The van der Waals surface area contributed by atoms with Crippen molar-refractivity contribution in [3.05, 3.63) is 82.6 Å². The molecule has 4 aromatic rings. The lowest BCUT2D eigenvalue weighted by molar-refractivity contribution is -0.121. The van der Waals surface area contributed by atoms with Gasteiger partial charge < -0.3 is 24.0 Å². The lowest BCUT2D eigenvalue weighted by Gasteiger charge is -2.36.